The van der Waals surface area contributed by atoms with Crippen LogP contribution in [0, 0.1) is 0 Å². The van der Waals surface area contributed by atoms with Crippen molar-refractivity contribution in [3.63, 3.8) is 0 Å². The molecule has 0 amide bonds. The number of anilines is 1. The van der Waals surface area contributed by atoms with E-state index in [4.69, 9.17) is 10.5 Å². The number of methoxy groups -OCH3 is 1. The molecule has 0 saturated carbocycles. The lowest BCUT2D eigenvalue weighted by atomic mass is 10.1. The minimum Gasteiger partial charge on any atom is -0.495 e. The summed E-state index contributed by atoms with van der Waals surface area (Å²) in [6, 6.07) is 5.34. The second-order valence-electron chi connectivity index (χ2n) is 6.80. The van der Waals surface area contributed by atoms with Crippen molar-refractivity contribution in [2.45, 2.75) is 25.2 Å². The molecule has 0 aromatic carbocycles. The van der Waals surface area contributed by atoms with Crippen LogP contribution in [0.2, 0.25) is 0 Å². The highest BCUT2D eigenvalue weighted by Crippen LogP contribution is 2.21. The Hall–Kier alpha value is -2.56. The molecule has 0 aliphatic carbocycles. The summed E-state index contributed by atoms with van der Waals surface area (Å²) in [6.07, 6.45) is 4.59. The Morgan fingerprint density at radius 3 is 2.70 bits per heavy atom. The molecular weight excluding hydrogens is 434 g/mol. The Labute approximate surface area is 185 Å². The fourth-order valence-corrected chi connectivity index (χ4v) is 3.21. The van der Waals surface area contributed by atoms with Crippen LogP contribution in [-0.4, -0.2) is 62.6 Å². The molecule has 0 bridgehead atoms. The average Bonchev–Trinajstić information content (AvgIpc) is 3.16. The molecule has 3 aromatic rings. The van der Waals surface area contributed by atoms with E-state index in [0.717, 1.165) is 11.3 Å². The molecule has 0 spiro atoms. The van der Waals surface area contributed by atoms with Gasteiger partial charge < -0.3 is 15.4 Å². The van der Waals surface area contributed by atoms with Gasteiger partial charge in [-0.2, -0.15) is 5.10 Å². The van der Waals surface area contributed by atoms with Crippen LogP contribution in [0.15, 0.2) is 36.8 Å². The Morgan fingerprint density at radius 2 is 2.00 bits per heavy atom. The maximum atomic E-state index is 13.7. The van der Waals surface area contributed by atoms with Crippen molar-refractivity contribution in [2.75, 3.05) is 25.1 Å². The van der Waals surface area contributed by atoms with Crippen LogP contribution in [0.5, 0.6) is 5.75 Å². The first-order chi connectivity index (χ1) is 13.6. The van der Waals surface area contributed by atoms with E-state index >= 15 is 0 Å². The first kappa shape index (κ1) is 23.7. The summed E-state index contributed by atoms with van der Waals surface area (Å²) in [5, 5.41) is 16.8. The van der Waals surface area contributed by atoms with Crippen LogP contribution >= 0.6 is 24.8 Å². The molecule has 1 saturated heterocycles. The van der Waals surface area contributed by atoms with Gasteiger partial charge in [-0.15, -0.1) is 35.0 Å². The Kier molecular flexibility index (Phi) is 8.27. The zero-order valence-corrected chi connectivity index (χ0v) is 17.9. The quantitative estimate of drug-likeness (QED) is 0.619. The number of pyridine rings is 1. The Bertz CT molecular complexity index is 932. The molecule has 2 atom stereocenters. The van der Waals surface area contributed by atoms with Crippen LogP contribution in [-0.2, 0) is 6.54 Å². The van der Waals surface area contributed by atoms with E-state index < -0.39 is 6.17 Å². The minimum absolute atomic E-state index is 0. The van der Waals surface area contributed by atoms with E-state index in [1.165, 1.54) is 0 Å². The fraction of sp³-hybridized carbons (Fsp3) is 0.389. The lowest BCUT2D eigenvalue weighted by Crippen LogP contribution is -2.48. The molecule has 30 heavy (non-hydrogen) atoms. The van der Waals surface area contributed by atoms with Crippen LogP contribution in [0.25, 0.3) is 11.3 Å². The molecular formula is C18H23Cl2FN8O. The number of hydrogen-bond donors (Lipinski definition) is 1. The van der Waals surface area contributed by atoms with Crippen LogP contribution < -0.4 is 15.4 Å². The molecule has 1 aliphatic rings. The summed E-state index contributed by atoms with van der Waals surface area (Å²) in [4.78, 5) is 5.96. The number of halogens is 3. The lowest BCUT2D eigenvalue weighted by molar-refractivity contribution is 0.268. The number of hydrogen-bond acceptors (Lipinski definition) is 8. The molecule has 0 unspecified atom stereocenters. The Morgan fingerprint density at radius 1 is 1.17 bits per heavy atom. The monoisotopic (exact) mass is 456 g/mol. The molecule has 0 radical (unpaired) electrons. The highest BCUT2D eigenvalue weighted by molar-refractivity contribution is 5.85. The van der Waals surface area contributed by atoms with Gasteiger partial charge in [0.05, 0.1) is 38.3 Å². The van der Waals surface area contributed by atoms with Crippen molar-refractivity contribution in [3.8, 4) is 17.0 Å². The van der Waals surface area contributed by atoms with Crippen LogP contribution in [0.3, 0.4) is 0 Å². The zero-order chi connectivity index (χ0) is 19.5. The second-order valence-corrected chi connectivity index (χ2v) is 6.80. The van der Waals surface area contributed by atoms with E-state index in [2.05, 4.69) is 25.5 Å². The molecule has 1 aliphatic heterocycles. The lowest BCUT2D eigenvalue weighted by Gasteiger charge is -2.33. The van der Waals surface area contributed by atoms with Crippen LogP contribution in [0.1, 0.15) is 12.1 Å². The molecule has 1 fully saturated rings. The van der Waals surface area contributed by atoms with Crippen molar-refractivity contribution in [1.29, 1.82) is 0 Å². The van der Waals surface area contributed by atoms with Crippen molar-refractivity contribution in [1.82, 2.24) is 30.2 Å². The van der Waals surface area contributed by atoms with E-state index in [0.29, 0.717) is 43.3 Å². The number of ether oxygens (including phenoxy) is 1. The molecule has 2 N–H and O–H groups in total. The van der Waals surface area contributed by atoms with E-state index in [1.807, 2.05) is 29.3 Å². The number of alkyl halides is 1. The molecule has 12 heteroatoms. The summed E-state index contributed by atoms with van der Waals surface area (Å²) in [5.41, 5.74) is 8.12. The first-order valence-corrected chi connectivity index (χ1v) is 8.97. The van der Waals surface area contributed by atoms with Crippen molar-refractivity contribution in [3.05, 3.63) is 42.5 Å². The maximum Gasteiger partial charge on any atom is 0.151 e. The second kappa shape index (κ2) is 10.5. The summed E-state index contributed by atoms with van der Waals surface area (Å²) >= 11 is 0. The van der Waals surface area contributed by atoms with E-state index in [1.54, 1.807) is 24.2 Å². The smallest absolute Gasteiger partial charge is 0.151 e. The normalized spacial score (nSPS) is 18.3. The molecule has 4 rings (SSSR count). The van der Waals surface area contributed by atoms with Gasteiger partial charge in [0, 0.05) is 24.3 Å². The fourth-order valence-electron chi connectivity index (χ4n) is 3.21. The van der Waals surface area contributed by atoms with Gasteiger partial charge >= 0.3 is 0 Å². The summed E-state index contributed by atoms with van der Waals surface area (Å²) in [7, 11) is 1.59. The number of aromatic nitrogens is 6. The summed E-state index contributed by atoms with van der Waals surface area (Å²) < 4.78 is 20.6. The molecule has 9 nitrogen and oxygen atoms in total. The third-order valence-corrected chi connectivity index (χ3v) is 4.57. The van der Waals surface area contributed by atoms with E-state index in [-0.39, 0.29) is 30.9 Å². The van der Waals surface area contributed by atoms with Gasteiger partial charge in [0.15, 0.2) is 5.82 Å². The molecule has 162 valence electrons. The number of nitrogens with two attached hydrogens (primary N) is 1. The van der Waals surface area contributed by atoms with Gasteiger partial charge in [-0.1, -0.05) is 5.21 Å². The minimum atomic E-state index is -0.940. The number of rotatable bonds is 5. The van der Waals surface area contributed by atoms with Gasteiger partial charge in [-0.25, -0.2) is 9.07 Å². The topological polar surface area (TPSA) is 108 Å². The molecule has 4 heterocycles. The number of nitrogens with zero attached hydrogens (tertiary/aromatic N) is 7. The van der Waals surface area contributed by atoms with E-state index in [9.17, 15) is 4.39 Å². The maximum absolute atomic E-state index is 13.7. The number of piperidine rings is 1. The van der Waals surface area contributed by atoms with Crippen LogP contribution in [0.4, 0.5) is 10.2 Å². The van der Waals surface area contributed by atoms with Gasteiger partial charge in [-0.05, 0) is 24.6 Å². The van der Waals surface area contributed by atoms with Crippen molar-refractivity contribution >= 4 is 30.6 Å². The van der Waals surface area contributed by atoms with Crippen molar-refractivity contribution in [2.24, 2.45) is 5.73 Å². The third-order valence-electron chi connectivity index (χ3n) is 4.57. The third kappa shape index (κ3) is 5.53. The zero-order valence-electron chi connectivity index (χ0n) is 16.3. The highest BCUT2D eigenvalue weighted by atomic mass is 35.5. The Balaban J connectivity index is 0.00000160. The average molecular weight is 457 g/mol. The molecule has 3 aromatic heterocycles. The first-order valence-electron chi connectivity index (χ1n) is 8.97. The van der Waals surface area contributed by atoms with Crippen molar-refractivity contribution < 1.29 is 9.13 Å². The van der Waals surface area contributed by atoms with Gasteiger partial charge in [-0.3, -0.25) is 4.98 Å². The predicted molar refractivity (Wildman–Crippen MR) is 115 cm³/mol. The largest absolute Gasteiger partial charge is 0.495 e. The SMILES string of the molecule is COc1cncc(-c2cn(Cc3ccc(N4C[C@H](N)C[C@H](F)C4)nn3)nn2)c1.Cl.Cl. The standard InChI is InChI=1S/C18H21FN8O.2ClH/c1-28-16-4-12(6-21-7-16)17-11-27(25-23-17)10-15-2-3-18(24-22-15)26-8-13(19)5-14(20)9-26;;/h2-4,6-7,11,13-14H,5,8-10,20H2,1H3;2*1H/t13-,14+;;/m0../s1. The highest BCUT2D eigenvalue weighted by Gasteiger charge is 2.25. The summed E-state index contributed by atoms with van der Waals surface area (Å²) in [5.74, 6) is 1.28. The van der Waals surface area contributed by atoms with Gasteiger partial charge in [0.25, 0.3) is 0 Å². The summed E-state index contributed by atoms with van der Waals surface area (Å²) in [6.45, 7) is 1.29. The predicted octanol–water partition coefficient (Wildman–Crippen LogP) is 1.91. The van der Waals surface area contributed by atoms with Gasteiger partial charge in [0.1, 0.15) is 17.6 Å². The van der Waals surface area contributed by atoms with Gasteiger partial charge in [0.2, 0.25) is 0 Å².